The predicted octanol–water partition coefficient (Wildman–Crippen LogP) is 3.88. The van der Waals surface area contributed by atoms with Crippen LogP contribution in [0, 0.1) is 6.92 Å². The van der Waals surface area contributed by atoms with Gasteiger partial charge in [-0.15, -0.1) is 0 Å². The van der Waals surface area contributed by atoms with E-state index in [0.29, 0.717) is 10.7 Å². The van der Waals surface area contributed by atoms with Gasteiger partial charge in [-0.25, -0.2) is 4.79 Å². The largest absolute Gasteiger partial charge is 0.466 e. The molecule has 2 aromatic carbocycles. The Balaban J connectivity index is 2.17. The van der Waals surface area contributed by atoms with Gasteiger partial charge in [0, 0.05) is 11.4 Å². The van der Waals surface area contributed by atoms with Crippen molar-refractivity contribution < 1.29 is 9.53 Å². The first-order valence-electron chi connectivity index (χ1n) is 8.05. The first-order valence-corrected chi connectivity index (χ1v) is 8.45. The molecule has 4 nitrogen and oxygen atoms in total. The van der Waals surface area contributed by atoms with Gasteiger partial charge in [-0.2, -0.15) is 0 Å². The number of thiocarbonyl (C=S) groups is 1. The van der Waals surface area contributed by atoms with Gasteiger partial charge in [-0.1, -0.05) is 42.5 Å². The van der Waals surface area contributed by atoms with Gasteiger partial charge in [0.1, 0.15) is 0 Å². The lowest BCUT2D eigenvalue weighted by atomic mass is 9.92. The van der Waals surface area contributed by atoms with Gasteiger partial charge in [0.2, 0.25) is 0 Å². The standard InChI is InChI=1S/C20H20N2O2S/c1-13-9-7-8-12-16(13)18-17(19(23)24-3)14(2)22(20(25)21-18)15-10-5-4-6-11-15/h4-12,18H,1-3H3,(H,21,25). The lowest BCUT2D eigenvalue weighted by molar-refractivity contribution is -0.136. The lowest BCUT2D eigenvalue weighted by Gasteiger charge is -2.37. The summed E-state index contributed by atoms with van der Waals surface area (Å²) in [6, 6.07) is 17.4. The summed E-state index contributed by atoms with van der Waals surface area (Å²) in [7, 11) is 1.40. The van der Waals surface area contributed by atoms with E-state index in [9.17, 15) is 4.79 Å². The fourth-order valence-electron chi connectivity index (χ4n) is 3.15. The highest BCUT2D eigenvalue weighted by atomic mass is 32.1. The maximum atomic E-state index is 12.6. The van der Waals surface area contributed by atoms with E-state index in [0.717, 1.165) is 22.5 Å². The fourth-order valence-corrected chi connectivity index (χ4v) is 3.51. The minimum Gasteiger partial charge on any atom is -0.466 e. The summed E-state index contributed by atoms with van der Waals surface area (Å²) in [4.78, 5) is 14.4. The molecular weight excluding hydrogens is 332 g/mol. The number of para-hydroxylation sites is 1. The van der Waals surface area contributed by atoms with E-state index in [1.165, 1.54) is 7.11 Å². The number of benzene rings is 2. The quantitative estimate of drug-likeness (QED) is 0.671. The summed E-state index contributed by atoms with van der Waals surface area (Å²) < 4.78 is 5.06. The van der Waals surface area contributed by atoms with Crippen molar-refractivity contribution >= 4 is 29.0 Å². The number of carbonyl (C=O) groups excluding carboxylic acids is 1. The molecule has 0 saturated heterocycles. The number of anilines is 1. The molecule has 5 heteroatoms. The van der Waals surface area contributed by atoms with Crippen LogP contribution in [0.3, 0.4) is 0 Å². The number of methoxy groups -OCH3 is 1. The van der Waals surface area contributed by atoms with E-state index in [1.807, 2.05) is 73.3 Å². The molecule has 0 aliphatic carbocycles. The number of hydrogen-bond acceptors (Lipinski definition) is 3. The van der Waals surface area contributed by atoms with Crippen LogP contribution in [0.25, 0.3) is 0 Å². The molecule has 128 valence electrons. The molecule has 0 spiro atoms. The third-order valence-corrected chi connectivity index (χ3v) is 4.70. The molecule has 0 aromatic heterocycles. The van der Waals surface area contributed by atoms with Crippen molar-refractivity contribution in [1.29, 1.82) is 0 Å². The Morgan fingerprint density at radius 2 is 1.72 bits per heavy atom. The van der Waals surface area contributed by atoms with Crippen molar-refractivity contribution in [3.8, 4) is 0 Å². The summed E-state index contributed by atoms with van der Waals surface area (Å²) >= 11 is 5.61. The molecule has 0 fully saturated rings. The minimum absolute atomic E-state index is 0.332. The van der Waals surface area contributed by atoms with Crippen LogP contribution in [0.2, 0.25) is 0 Å². The SMILES string of the molecule is COC(=O)C1=C(C)N(c2ccccc2)C(=S)NC1c1ccccc1C. The van der Waals surface area contributed by atoms with E-state index < -0.39 is 0 Å². The Morgan fingerprint density at radius 1 is 1.08 bits per heavy atom. The first kappa shape index (κ1) is 17.2. The molecule has 0 radical (unpaired) electrons. The van der Waals surface area contributed by atoms with Crippen LogP contribution >= 0.6 is 12.2 Å². The van der Waals surface area contributed by atoms with Crippen molar-refractivity contribution in [2.75, 3.05) is 12.0 Å². The van der Waals surface area contributed by atoms with Crippen molar-refractivity contribution in [2.24, 2.45) is 0 Å². The number of allylic oxidation sites excluding steroid dienone is 1. The topological polar surface area (TPSA) is 41.6 Å². The number of ether oxygens (including phenoxy) is 1. The van der Waals surface area contributed by atoms with Crippen LogP contribution in [-0.4, -0.2) is 18.2 Å². The third kappa shape index (κ3) is 3.15. The zero-order valence-corrected chi connectivity index (χ0v) is 15.3. The Labute approximate surface area is 153 Å². The van der Waals surface area contributed by atoms with Crippen LogP contribution in [0.15, 0.2) is 65.9 Å². The van der Waals surface area contributed by atoms with Gasteiger partial charge in [0.15, 0.2) is 5.11 Å². The Hall–Kier alpha value is -2.66. The number of hydrogen-bond donors (Lipinski definition) is 1. The molecule has 0 saturated carbocycles. The van der Waals surface area contributed by atoms with Crippen molar-refractivity contribution in [2.45, 2.75) is 19.9 Å². The van der Waals surface area contributed by atoms with Crippen molar-refractivity contribution in [3.05, 3.63) is 77.0 Å². The zero-order chi connectivity index (χ0) is 18.0. The highest BCUT2D eigenvalue weighted by Crippen LogP contribution is 2.35. The maximum Gasteiger partial charge on any atom is 0.337 e. The second-order valence-electron chi connectivity index (χ2n) is 5.90. The number of esters is 1. The van der Waals surface area contributed by atoms with Gasteiger partial charge in [-0.05, 0) is 49.3 Å². The molecule has 25 heavy (non-hydrogen) atoms. The normalized spacial score (nSPS) is 17.3. The molecule has 0 bridgehead atoms. The summed E-state index contributed by atoms with van der Waals surface area (Å²) in [5.74, 6) is -0.360. The number of carbonyl (C=O) groups is 1. The fraction of sp³-hybridized carbons (Fsp3) is 0.200. The van der Waals surface area contributed by atoms with Gasteiger partial charge in [0.25, 0.3) is 0 Å². The van der Waals surface area contributed by atoms with Crippen LogP contribution in [0.1, 0.15) is 24.1 Å². The summed E-state index contributed by atoms with van der Waals surface area (Å²) in [6.07, 6.45) is 0. The van der Waals surface area contributed by atoms with Gasteiger partial charge in [0.05, 0.1) is 18.7 Å². The summed E-state index contributed by atoms with van der Waals surface area (Å²) in [6.45, 7) is 3.92. The Bertz CT molecular complexity index is 846. The Morgan fingerprint density at radius 3 is 2.36 bits per heavy atom. The monoisotopic (exact) mass is 352 g/mol. The number of nitrogens with one attached hydrogen (secondary N) is 1. The molecule has 1 aliphatic rings. The van der Waals surface area contributed by atoms with Crippen LogP contribution in [-0.2, 0) is 9.53 Å². The number of nitrogens with zero attached hydrogens (tertiary/aromatic N) is 1. The van der Waals surface area contributed by atoms with Gasteiger partial charge < -0.3 is 10.1 Å². The van der Waals surface area contributed by atoms with E-state index in [2.05, 4.69) is 5.32 Å². The molecule has 1 atom stereocenters. The third-order valence-electron chi connectivity index (χ3n) is 4.40. The van der Waals surface area contributed by atoms with Crippen LogP contribution in [0.5, 0.6) is 0 Å². The van der Waals surface area contributed by atoms with Crippen molar-refractivity contribution in [1.82, 2.24) is 5.32 Å². The highest BCUT2D eigenvalue weighted by molar-refractivity contribution is 7.80. The van der Waals surface area contributed by atoms with E-state index in [-0.39, 0.29) is 12.0 Å². The maximum absolute atomic E-state index is 12.6. The summed E-state index contributed by atoms with van der Waals surface area (Å²) in [5.41, 5.74) is 4.34. The average Bonchev–Trinajstić information content (AvgIpc) is 2.62. The van der Waals surface area contributed by atoms with Gasteiger partial charge in [-0.3, -0.25) is 4.90 Å². The molecular formula is C20H20N2O2S. The van der Waals surface area contributed by atoms with Crippen LogP contribution in [0.4, 0.5) is 5.69 Å². The minimum atomic E-state index is -0.360. The zero-order valence-electron chi connectivity index (χ0n) is 14.4. The second kappa shape index (κ2) is 7.07. The van der Waals surface area contributed by atoms with E-state index in [1.54, 1.807) is 0 Å². The van der Waals surface area contributed by atoms with E-state index >= 15 is 0 Å². The summed E-state index contributed by atoms with van der Waals surface area (Å²) in [5, 5.41) is 3.88. The molecule has 1 aliphatic heterocycles. The molecule has 1 unspecified atom stereocenters. The smallest absolute Gasteiger partial charge is 0.337 e. The van der Waals surface area contributed by atoms with Gasteiger partial charge >= 0.3 is 5.97 Å². The average molecular weight is 352 g/mol. The Kier molecular flexibility index (Phi) is 4.86. The number of rotatable bonds is 3. The molecule has 1 N–H and O–H groups in total. The van der Waals surface area contributed by atoms with Crippen molar-refractivity contribution in [3.63, 3.8) is 0 Å². The molecule has 3 rings (SSSR count). The molecule has 2 aromatic rings. The lowest BCUT2D eigenvalue weighted by Crippen LogP contribution is -2.48. The first-order chi connectivity index (χ1) is 12.0. The molecule has 0 amide bonds. The van der Waals surface area contributed by atoms with E-state index in [4.69, 9.17) is 17.0 Å². The highest BCUT2D eigenvalue weighted by Gasteiger charge is 2.35. The molecule has 1 heterocycles. The van der Waals surface area contributed by atoms with Crippen LogP contribution < -0.4 is 10.2 Å². The number of aryl methyl sites for hydroxylation is 1. The second-order valence-corrected chi connectivity index (χ2v) is 6.29. The predicted molar refractivity (Wildman–Crippen MR) is 103 cm³/mol.